The molecular formula is C14H21N3O4. The first-order valence-corrected chi connectivity index (χ1v) is 7.17. The maximum atomic E-state index is 11.9. The summed E-state index contributed by atoms with van der Waals surface area (Å²) in [6.07, 6.45) is 1.47. The van der Waals surface area contributed by atoms with Gasteiger partial charge in [-0.25, -0.2) is 0 Å². The molecule has 0 radical (unpaired) electrons. The molecule has 0 spiro atoms. The maximum Gasteiger partial charge on any atom is 0.307 e. The van der Waals surface area contributed by atoms with Crippen molar-refractivity contribution in [3.05, 3.63) is 11.8 Å². The monoisotopic (exact) mass is 295 g/mol. The van der Waals surface area contributed by atoms with Gasteiger partial charge < -0.3 is 9.63 Å². The van der Waals surface area contributed by atoms with Gasteiger partial charge in [-0.3, -0.25) is 19.8 Å². The normalized spacial score (nSPS) is 19.7. The fourth-order valence-electron chi connectivity index (χ4n) is 2.40. The molecule has 0 saturated carbocycles. The van der Waals surface area contributed by atoms with Crippen LogP contribution in [-0.2, 0) is 9.59 Å². The Morgan fingerprint density at radius 3 is 2.95 bits per heavy atom. The van der Waals surface area contributed by atoms with E-state index in [0.717, 1.165) is 18.7 Å². The molecule has 7 heteroatoms. The van der Waals surface area contributed by atoms with E-state index in [2.05, 4.69) is 10.5 Å². The van der Waals surface area contributed by atoms with Crippen LogP contribution in [0.3, 0.4) is 0 Å². The van der Waals surface area contributed by atoms with Gasteiger partial charge in [-0.15, -0.1) is 0 Å². The van der Waals surface area contributed by atoms with E-state index in [0.29, 0.717) is 18.8 Å². The third-order valence-corrected chi connectivity index (χ3v) is 3.60. The van der Waals surface area contributed by atoms with Gasteiger partial charge in [0, 0.05) is 12.6 Å². The molecule has 1 aliphatic heterocycles. The molecule has 21 heavy (non-hydrogen) atoms. The summed E-state index contributed by atoms with van der Waals surface area (Å²) in [4.78, 5) is 24.8. The Bertz CT molecular complexity index is 512. The first-order chi connectivity index (χ1) is 9.95. The Morgan fingerprint density at radius 1 is 1.57 bits per heavy atom. The second-order valence-electron chi connectivity index (χ2n) is 5.73. The minimum absolute atomic E-state index is 0.168. The lowest BCUT2D eigenvalue weighted by Crippen LogP contribution is -2.42. The number of piperidine rings is 1. The van der Waals surface area contributed by atoms with Crippen molar-refractivity contribution >= 4 is 17.8 Å². The van der Waals surface area contributed by atoms with Gasteiger partial charge in [0.05, 0.1) is 18.2 Å². The lowest BCUT2D eigenvalue weighted by molar-refractivity contribution is -0.144. The van der Waals surface area contributed by atoms with E-state index in [-0.39, 0.29) is 24.3 Å². The van der Waals surface area contributed by atoms with E-state index in [9.17, 15) is 9.59 Å². The molecule has 2 heterocycles. The molecule has 1 aliphatic rings. The Labute approximate surface area is 123 Å². The molecule has 1 aromatic rings. The number of carboxylic acids is 1. The highest BCUT2D eigenvalue weighted by atomic mass is 16.5. The van der Waals surface area contributed by atoms with Crippen LogP contribution in [0.2, 0.25) is 0 Å². The molecule has 1 fully saturated rings. The van der Waals surface area contributed by atoms with Crippen molar-refractivity contribution in [1.82, 2.24) is 10.1 Å². The van der Waals surface area contributed by atoms with Crippen molar-refractivity contribution in [2.75, 3.05) is 25.0 Å². The number of hydrogen-bond acceptors (Lipinski definition) is 5. The van der Waals surface area contributed by atoms with Crippen LogP contribution in [0.5, 0.6) is 0 Å². The highest BCUT2D eigenvalue weighted by Gasteiger charge is 2.26. The molecule has 7 nitrogen and oxygen atoms in total. The quantitative estimate of drug-likeness (QED) is 0.855. The minimum Gasteiger partial charge on any atom is -0.481 e. The number of aliphatic carboxylic acids is 1. The largest absolute Gasteiger partial charge is 0.481 e. The Kier molecular flexibility index (Phi) is 4.95. The smallest absolute Gasteiger partial charge is 0.307 e. The molecule has 2 rings (SSSR count). The van der Waals surface area contributed by atoms with E-state index < -0.39 is 5.97 Å². The Balaban J connectivity index is 1.84. The van der Waals surface area contributed by atoms with Gasteiger partial charge >= 0.3 is 5.97 Å². The fourth-order valence-corrected chi connectivity index (χ4v) is 2.40. The average molecular weight is 295 g/mol. The van der Waals surface area contributed by atoms with Crippen LogP contribution in [0.4, 0.5) is 5.88 Å². The first kappa shape index (κ1) is 15.5. The maximum absolute atomic E-state index is 11.9. The predicted octanol–water partition coefficient (Wildman–Crippen LogP) is 1.53. The van der Waals surface area contributed by atoms with Crippen LogP contribution in [0.1, 0.15) is 38.3 Å². The molecule has 1 atom stereocenters. The predicted molar refractivity (Wildman–Crippen MR) is 76.0 cm³/mol. The van der Waals surface area contributed by atoms with Gasteiger partial charge in [0.15, 0.2) is 0 Å². The number of rotatable bonds is 5. The third kappa shape index (κ3) is 4.29. The highest BCUT2D eigenvalue weighted by molar-refractivity contribution is 5.91. The van der Waals surface area contributed by atoms with Crippen molar-refractivity contribution in [3.63, 3.8) is 0 Å². The number of hydrogen-bond donors (Lipinski definition) is 2. The molecule has 0 aliphatic carbocycles. The molecule has 0 bridgehead atoms. The summed E-state index contributed by atoms with van der Waals surface area (Å²) in [6, 6.07) is 1.71. The number of nitrogens with one attached hydrogen (secondary N) is 1. The van der Waals surface area contributed by atoms with E-state index in [1.807, 2.05) is 18.7 Å². The van der Waals surface area contributed by atoms with Crippen molar-refractivity contribution in [1.29, 1.82) is 0 Å². The van der Waals surface area contributed by atoms with E-state index in [1.165, 1.54) is 0 Å². The van der Waals surface area contributed by atoms with Crippen molar-refractivity contribution in [2.45, 2.75) is 32.6 Å². The lowest BCUT2D eigenvalue weighted by Gasteiger charge is -2.29. The second kappa shape index (κ2) is 6.71. The second-order valence-corrected chi connectivity index (χ2v) is 5.73. The molecule has 1 saturated heterocycles. The third-order valence-electron chi connectivity index (χ3n) is 3.60. The van der Waals surface area contributed by atoms with Crippen LogP contribution in [0, 0.1) is 5.92 Å². The summed E-state index contributed by atoms with van der Waals surface area (Å²) in [6.45, 7) is 5.30. The molecule has 116 valence electrons. The van der Waals surface area contributed by atoms with Crippen LogP contribution in [0.25, 0.3) is 0 Å². The number of nitrogens with zero attached hydrogens (tertiary/aromatic N) is 2. The standard InChI is InChI=1S/C14H21N3O4/c1-9(2)11-6-13(21-16-11)15-12(18)8-17-5-3-4-10(7-17)14(19)20/h6,9-10H,3-5,7-8H2,1-2H3,(H,15,18)(H,19,20). The number of anilines is 1. The van der Waals surface area contributed by atoms with E-state index in [1.54, 1.807) is 6.07 Å². The number of aromatic nitrogens is 1. The number of likely N-dealkylation sites (tertiary alicyclic amines) is 1. The Morgan fingerprint density at radius 2 is 2.33 bits per heavy atom. The molecular weight excluding hydrogens is 274 g/mol. The minimum atomic E-state index is -0.795. The molecule has 1 unspecified atom stereocenters. The average Bonchev–Trinajstić information content (AvgIpc) is 2.87. The number of carboxylic acid groups (broad SMARTS) is 1. The zero-order valence-corrected chi connectivity index (χ0v) is 12.3. The van der Waals surface area contributed by atoms with Gasteiger partial charge in [0.25, 0.3) is 0 Å². The van der Waals surface area contributed by atoms with Crippen LogP contribution >= 0.6 is 0 Å². The molecule has 0 aromatic carbocycles. The van der Waals surface area contributed by atoms with Gasteiger partial charge in [-0.2, -0.15) is 0 Å². The van der Waals surface area contributed by atoms with Gasteiger partial charge in [0.2, 0.25) is 11.8 Å². The van der Waals surface area contributed by atoms with Gasteiger partial charge in [-0.1, -0.05) is 19.0 Å². The zero-order valence-electron chi connectivity index (χ0n) is 12.3. The van der Waals surface area contributed by atoms with Crippen molar-refractivity contribution < 1.29 is 19.2 Å². The number of amides is 1. The number of carbonyl (C=O) groups is 2. The summed E-state index contributed by atoms with van der Waals surface area (Å²) in [7, 11) is 0. The van der Waals surface area contributed by atoms with Crippen molar-refractivity contribution in [2.24, 2.45) is 5.92 Å². The lowest BCUT2D eigenvalue weighted by atomic mass is 9.98. The Hall–Kier alpha value is -1.89. The number of carbonyl (C=O) groups excluding carboxylic acids is 1. The summed E-state index contributed by atoms with van der Waals surface area (Å²) in [5.74, 6) is -0.831. The van der Waals surface area contributed by atoms with Crippen LogP contribution in [-0.4, -0.2) is 46.7 Å². The zero-order chi connectivity index (χ0) is 15.4. The van der Waals surface area contributed by atoms with Gasteiger partial charge in [-0.05, 0) is 25.3 Å². The van der Waals surface area contributed by atoms with E-state index in [4.69, 9.17) is 9.63 Å². The van der Waals surface area contributed by atoms with Crippen LogP contribution < -0.4 is 5.32 Å². The summed E-state index contributed by atoms with van der Waals surface area (Å²) in [5.41, 5.74) is 0.786. The fraction of sp³-hybridized carbons (Fsp3) is 0.643. The SMILES string of the molecule is CC(C)c1cc(NC(=O)CN2CCCC(C(=O)O)C2)on1. The highest BCUT2D eigenvalue weighted by Crippen LogP contribution is 2.18. The summed E-state index contributed by atoms with van der Waals surface area (Å²) >= 11 is 0. The van der Waals surface area contributed by atoms with Gasteiger partial charge in [0.1, 0.15) is 0 Å². The molecule has 2 N–H and O–H groups in total. The van der Waals surface area contributed by atoms with E-state index >= 15 is 0 Å². The van der Waals surface area contributed by atoms with Crippen molar-refractivity contribution in [3.8, 4) is 0 Å². The molecule has 1 aromatic heterocycles. The molecule has 1 amide bonds. The summed E-state index contributed by atoms with van der Waals surface area (Å²) in [5, 5.41) is 15.6. The topological polar surface area (TPSA) is 95.7 Å². The summed E-state index contributed by atoms with van der Waals surface area (Å²) < 4.78 is 5.05. The van der Waals surface area contributed by atoms with Crippen LogP contribution in [0.15, 0.2) is 10.6 Å². The first-order valence-electron chi connectivity index (χ1n) is 7.17.